The van der Waals surface area contributed by atoms with Gasteiger partial charge in [0.05, 0.1) is 19.5 Å². The molecule has 0 radical (unpaired) electrons. The van der Waals surface area contributed by atoms with Gasteiger partial charge in [-0.15, -0.1) is 0 Å². The fourth-order valence-corrected chi connectivity index (χ4v) is 2.87. The third kappa shape index (κ3) is 3.25. The predicted octanol–water partition coefficient (Wildman–Crippen LogP) is -0.817. The number of ether oxygens (including phenoxy) is 1. The average molecular weight is 320 g/mol. The minimum absolute atomic E-state index is 0.0818. The van der Waals surface area contributed by atoms with E-state index < -0.39 is 47.7 Å². The Morgan fingerprint density at radius 2 is 2.05 bits per heavy atom. The molecule has 0 amide bonds. The lowest BCUT2D eigenvalue weighted by Crippen LogP contribution is -2.50. The van der Waals surface area contributed by atoms with Crippen molar-refractivity contribution < 1.29 is 34.0 Å². The van der Waals surface area contributed by atoms with Gasteiger partial charge >= 0.3 is 0 Å². The van der Waals surface area contributed by atoms with Crippen molar-refractivity contribution in [1.82, 2.24) is 0 Å². The van der Waals surface area contributed by atoms with E-state index in [0.717, 1.165) is 5.56 Å². The van der Waals surface area contributed by atoms with E-state index in [4.69, 9.17) is 10.3 Å². The molecular weight excluding hydrogens is 300 g/mol. The van der Waals surface area contributed by atoms with Crippen LogP contribution in [-0.2, 0) is 19.0 Å². The van der Waals surface area contributed by atoms with E-state index in [1.807, 2.05) is 0 Å². The number of aryl methyl sites for hydroxylation is 1. The maximum absolute atomic E-state index is 12.1. The molecule has 1 fully saturated rings. The zero-order valence-electron chi connectivity index (χ0n) is 12.3. The summed E-state index contributed by atoms with van der Waals surface area (Å²) in [4.78, 5) is -0.0818. The lowest BCUT2D eigenvalue weighted by molar-refractivity contribution is -0.115. The fourth-order valence-electron chi connectivity index (χ4n) is 1.91. The molecule has 1 aromatic rings. The van der Waals surface area contributed by atoms with Crippen LogP contribution >= 0.6 is 0 Å². The Labute approximate surface area is 124 Å². The quantitative estimate of drug-likeness (QED) is 0.608. The molecule has 0 aliphatic carbocycles. The molecule has 1 aromatic carbocycles. The highest BCUT2D eigenvalue weighted by molar-refractivity contribution is 7.86. The van der Waals surface area contributed by atoms with Crippen LogP contribution in [0.15, 0.2) is 29.2 Å². The number of aliphatic hydroxyl groups is 3. The Kier molecular flexibility index (Phi) is 4.25. The van der Waals surface area contributed by atoms with Crippen LogP contribution in [-0.4, -0.2) is 61.3 Å². The zero-order valence-corrected chi connectivity index (χ0v) is 12.2. The summed E-state index contributed by atoms with van der Waals surface area (Å²) in [5.74, 6) is 0. The molecule has 4 atom stereocenters. The molecule has 1 aliphatic heterocycles. The van der Waals surface area contributed by atoms with Gasteiger partial charge in [-0.2, -0.15) is 8.42 Å². The minimum atomic E-state index is -4.12. The van der Waals surface area contributed by atoms with Gasteiger partial charge in [-0.25, -0.2) is 0 Å². The summed E-state index contributed by atoms with van der Waals surface area (Å²) in [6.45, 7) is -1.21. The second kappa shape index (κ2) is 5.99. The van der Waals surface area contributed by atoms with Crippen LogP contribution in [0.3, 0.4) is 0 Å². The lowest BCUT2D eigenvalue weighted by Gasteiger charge is -2.29. The molecule has 8 heteroatoms. The highest BCUT2D eigenvalue weighted by Crippen LogP contribution is 2.28. The molecule has 0 aromatic heterocycles. The fraction of sp³-hybridized carbons (Fsp3) is 0.538. The van der Waals surface area contributed by atoms with Gasteiger partial charge in [0, 0.05) is 0 Å². The van der Waals surface area contributed by atoms with Gasteiger partial charge in [0.15, 0.2) is 0 Å². The summed E-state index contributed by atoms with van der Waals surface area (Å²) in [6, 6.07) is 5.93. The minimum Gasteiger partial charge on any atom is -0.393 e. The van der Waals surface area contributed by atoms with Crippen LogP contribution in [0.4, 0.5) is 0 Å². The standard InChI is InChI=1S/C13H18O7S/c1-9-2-4-10(5-3-9)21(17,18)20-8-13(7-14)12(16)11(15)6-19-13/h2-5,11-12,14-16H,6-8H2,1H3/t11-,12?,13+/m1/s1/i6T/t6?,11-,12?,13+. The van der Waals surface area contributed by atoms with Crippen LogP contribution in [0, 0.1) is 6.92 Å². The van der Waals surface area contributed by atoms with E-state index in [-0.39, 0.29) is 4.90 Å². The number of hydrogen-bond acceptors (Lipinski definition) is 7. The van der Waals surface area contributed by atoms with Gasteiger partial charge in [0.25, 0.3) is 10.1 Å². The van der Waals surface area contributed by atoms with Crippen LogP contribution in [0.25, 0.3) is 0 Å². The SMILES string of the molecule is [3H]C1O[C@@](CO)(COS(=O)(=O)c2ccc(C)cc2)C(O)[C@@H]1O. The average Bonchev–Trinajstić information content (AvgIpc) is 2.70. The van der Waals surface area contributed by atoms with Crippen molar-refractivity contribution in [1.29, 1.82) is 0 Å². The molecule has 3 N–H and O–H groups in total. The van der Waals surface area contributed by atoms with Gasteiger partial charge < -0.3 is 20.1 Å². The van der Waals surface area contributed by atoms with Gasteiger partial charge in [-0.3, -0.25) is 4.18 Å². The van der Waals surface area contributed by atoms with Crippen LogP contribution in [0.2, 0.25) is 0 Å². The van der Waals surface area contributed by atoms with Crippen LogP contribution in [0.5, 0.6) is 0 Å². The molecule has 2 rings (SSSR count). The summed E-state index contributed by atoms with van der Waals surface area (Å²) in [5, 5.41) is 28.8. The summed E-state index contributed by atoms with van der Waals surface area (Å²) >= 11 is 0. The van der Waals surface area contributed by atoms with Crippen molar-refractivity contribution in [3.8, 4) is 0 Å². The maximum atomic E-state index is 12.1. The Morgan fingerprint density at radius 3 is 2.52 bits per heavy atom. The van der Waals surface area contributed by atoms with Crippen molar-refractivity contribution in [2.45, 2.75) is 29.6 Å². The summed E-state index contributed by atoms with van der Waals surface area (Å²) in [6.07, 6.45) is -3.19. The van der Waals surface area contributed by atoms with E-state index >= 15 is 0 Å². The molecule has 1 heterocycles. The Morgan fingerprint density at radius 1 is 1.43 bits per heavy atom. The van der Waals surface area contributed by atoms with Crippen LogP contribution < -0.4 is 0 Å². The Balaban J connectivity index is 2.15. The largest absolute Gasteiger partial charge is 0.393 e. The van der Waals surface area contributed by atoms with Crippen molar-refractivity contribution in [2.75, 3.05) is 19.8 Å². The summed E-state index contributed by atoms with van der Waals surface area (Å²) in [7, 11) is -4.12. The Bertz CT molecular complexity index is 618. The highest BCUT2D eigenvalue weighted by atomic mass is 32.2. The van der Waals surface area contributed by atoms with Gasteiger partial charge in [-0.05, 0) is 19.1 Å². The van der Waals surface area contributed by atoms with Gasteiger partial charge in [-0.1, -0.05) is 17.7 Å². The molecular formula is C13H18O7S. The van der Waals surface area contributed by atoms with Gasteiger partial charge in [0.1, 0.15) is 24.4 Å². The molecule has 21 heavy (non-hydrogen) atoms. The predicted molar refractivity (Wildman–Crippen MR) is 72.1 cm³/mol. The van der Waals surface area contributed by atoms with E-state index in [0.29, 0.717) is 0 Å². The van der Waals surface area contributed by atoms with Crippen molar-refractivity contribution in [3.05, 3.63) is 29.8 Å². The summed E-state index contributed by atoms with van der Waals surface area (Å²) in [5.41, 5.74) is -0.982. The third-order valence-corrected chi connectivity index (χ3v) is 4.62. The van der Waals surface area contributed by atoms with Crippen molar-refractivity contribution in [3.63, 3.8) is 0 Å². The van der Waals surface area contributed by atoms with E-state index in [9.17, 15) is 23.7 Å². The monoisotopic (exact) mass is 320 g/mol. The van der Waals surface area contributed by atoms with E-state index in [2.05, 4.69) is 0 Å². The van der Waals surface area contributed by atoms with Gasteiger partial charge in [0.2, 0.25) is 0 Å². The molecule has 0 spiro atoms. The first-order valence-corrected chi connectivity index (χ1v) is 7.66. The third-order valence-electron chi connectivity index (χ3n) is 3.34. The molecule has 118 valence electrons. The first-order chi connectivity index (χ1) is 10.2. The van der Waals surface area contributed by atoms with E-state index in [1.165, 1.54) is 12.1 Å². The number of hydrogen-bond donors (Lipinski definition) is 3. The molecule has 1 aliphatic rings. The highest BCUT2D eigenvalue weighted by Gasteiger charge is 2.49. The van der Waals surface area contributed by atoms with Crippen molar-refractivity contribution in [2.24, 2.45) is 0 Å². The number of rotatable bonds is 5. The summed E-state index contributed by atoms with van der Waals surface area (Å²) < 4.78 is 41.4. The lowest BCUT2D eigenvalue weighted by atomic mass is 9.98. The zero-order chi connectivity index (χ0) is 16.5. The molecule has 2 unspecified atom stereocenters. The molecule has 0 bridgehead atoms. The van der Waals surface area contributed by atoms with E-state index in [1.54, 1.807) is 19.1 Å². The first-order valence-electron chi connectivity index (χ1n) is 6.83. The second-order valence-corrected chi connectivity index (χ2v) is 6.56. The van der Waals surface area contributed by atoms with Crippen LogP contribution in [0.1, 0.15) is 6.93 Å². The Hall–Kier alpha value is -1.03. The molecule has 1 saturated heterocycles. The van der Waals surface area contributed by atoms with Crippen molar-refractivity contribution >= 4 is 10.1 Å². The second-order valence-electron chi connectivity index (χ2n) is 4.94. The topological polar surface area (TPSA) is 113 Å². The molecule has 7 nitrogen and oxygen atoms in total. The number of benzene rings is 1. The maximum Gasteiger partial charge on any atom is 0.297 e. The smallest absolute Gasteiger partial charge is 0.297 e. The number of aliphatic hydroxyl groups excluding tert-OH is 3. The first kappa shape index (κ1) is 14.9. The normalized spacial score (nSPS) is 33.9. The molecule has 0 saturated carbocycles.